The van der Waals surface area contributed by atoms with Gasteiger partial charge in [0.25, 0.3) is 0 Å². The number of nitrogens with zero attached hydrogens (tertiary/aromatic N) is 2. The van der Waals surface area contributed by atoms with E-state index in [0.29, 0.717) is 31.0 Å². The van der Waals surface area contributed by atoms with Crippen molar-refractivity contribution in [1.29, 1.82) is 0 Å². The molecule has 142 valence electrons. The SMILES string of the molecule is CC(C)(C)OC(=O)N1CCC2(CCCN(c3cccc(Cl)c3)C2=O)CC1. The molecule has 6 heteroatoms. The van der Waals surface area contributed by atoms with Crippen LogP contribution in [0.15, 0.2) is 24.3 Å². The second kappa shape index (κ2) is 7.10. The zero-order chi connectivity index (χ0) is 18.9. The van der Waals surface area contributed by atoms with Gasteiger partial charge in [0.1, 0.15) is 5.60 Å². The topological polar surface area (TPSA) is 49.9 Å². The van der Waals surface area contributed by atoms with Crippen molar-refractivity contribution >= 4 is 29.3 Å². The molecule has 1 aromatic carbocycles. The average Bonchev–Trinajstić information content (AvgIpc) is 2.56. The first-order valence-corrected chi connectivity index (χ1v) is 9.63. The largest absolute Gasteiger partial charge is 0.444 e. The Hall–Kier alpha value is -1.75. The molecular weight excluding hydrogens is 352 g/mol. The molecule has 0 radical (unpaired) electrons. The Balaban J connectivity index is 1.69. The summed E-state index contributed by atoms with van der Waals surface area (Å²) in [5, 5.41) is 0.634. The molecule has 1 spiro atoms. The molecule has 2 aliphatic heterocycles. The lowest BCUT2D eigenvalue weighted by atomic mass is 9.71. The van der Waals surface area contributed by atoms with Crippen LogP contribution >= 0.6 is 11.6 Å². The van der Waals surface area contributed by atoms with Crippen molar-refractivity contribution in [3.05, 3.63) is 29.3 Å². The van der Waals surface area contributed by atoms with Crippen LogP contribution in [-0.4, -0.2) is 42.1 Å². The molecule has 0 unspecified atom stereocenters. The molecule has 2 heterocycles. The van der Waals surface area contributed by atoms with E-state index in [9.17, 15) is 9.59 Å². The molecule has 2 saturated heterocycles. The second-order valence-electron chi connectivity index (χ2n) is 8.29. The highest BCUT2D eigenvalue weighted by Gasteiger charge is 2.47. The van der Waals surface area contributed by atoms with Crippen molar-refractivity contribution in [3.63, 3.8) is 0 Å². The number of hydrogen-bond donors (Lipinski definition) is 0. The summed E-state index contributed by atoms with van der Waals surface area (Å²) in [6, 6.07) is 7.46. The minimum Gasteiger partial charge on any atom is -0.444 e. The zero-order valence-electron chi connectivity index (χ0n) is 15.8. The molecular formula is C20H27ClN2O3. The highest BCUT2D eigenvalue weighted by molar-refractivity contribution is 6.30. The summed E-state index contributed by atoms with van der Waals surface area (Å²) in [6.45, 7) is 7.43. The number of rotatable bonds is 1. The number of halogens is 1. The van der Waals surface area contributed by atoms with Crippen LogP contribution in [0.4, 0.5) is 10.5 Å². The molecule has 0 N–H and O–H groups in total. The van der Waals surface area contributed by atoms with Crippen molar-refractivity contribution in [2.45, 2.75) is 52.1 Å². The lowest BCUT2D eigenvalue weighted by molar-refractivity contribution is -0.133. The Labute approximate surface area is 160 Å². The van der Waals surface area contributed by atoms with E-state index in [-0.39, 0.29) is 17.4 Å². The molecule has 26 heavy (non-hydrogen) atoms. The number of carbonyl (C=O) groups excluding carboxylic acids is 2. The number of ether oxygens (including phenoxy) is 1. The number of piperidine rings is 2. The lowest BCUT2D eigenvalue weighted by Gasteiger charge is -2.46. The standard InChI is InChI=1S/C20H27ClN2O3/c1-19(2,3)26-18(25)22-12-9-20(10-13-22)8-5-11-23(17(20)24)16-7-4-6-15(21)14-16/h4,6-7,14H,5,8-13H2,1-3H3. The van der Waals surface area contributed by atoms with E-state index in [2.05, 4.69) is 0 Å². The second-order valence-corrected chi connectivity index (χ2v) is 8.72. The van der Waals surface area contributed by atoms with E-state index in [1.54, 1.807) is 4.90 Å². The minimum atomic E-state index is -0.504. The molecule has 0 bridgehead atoms. The smallest absolute Gasteiger partial charge is 0.410 e. The lowest BCUT2D eigenvalue weighted by Crippen LogP contribution is -2.55. The van der Waals surface area contributed by atoms with Crippen LogP contribution in [0.25, 0.3) is 0 Å². The van der Waals surface area contributed by atoms with Gasteiger partial charge >= 0.3 is 6.09 Å². The number of hydrogen-bond acceptors (Lipinski definition) is 3. The van der Waals surface area contributed by atoms with Gasteiger partial charge in [-0.1, -0.05) is 17.7 Å². The predicted molar refractivity (Wildman–Crippen MR) is 103 cm³/mol. The van der Waals surface area contributed by atoms with Crippen molar-refractivity contribution in [3.8, 4) is 0 Å². The molecule has 2 amide bonds. The fourth-order valence-electron chi connectivity index (χ4n) is 3.87. The number of benzene rings is 1. The Kier molecular flexibility index (Phi) is 5.20. The summed E-state index contributed by atoms with van der Waals surface area (Å²) < 4.78 is 5.46. The maximum absolute atomic E-state index is 13.3. The third-order valence-corrected chi connectivity index (χ3v) is 5.46. The van der Waals surface area contributed by atoms with Gasteiger partial charge in [-0.05, 0) is 64.7 Å². The van der Waals surface area contributed by atoms with E-state index in [1.807, 2.05) is 49.9 Å². The normalized spacial score (nSPS) is 20.4. The number of carbonyl (C=O) groups is 2. The van der Waals surface area contributed by atoms with Gasteiger partial charge in [0, 0.05) is 30.3 Å². The molecule has 0 saturated carbocycles. The molecule has 2 aliphatic rings. The number of anilines is 1. The summed E-state index contributed by atoms with van der Waals surface area (Å²) in [5.41, 5.74) is -0.0221. The van der Waals surface area contributed by atoms with E-state index in [4.69, 9.17) is 16.3 Å². The zero-order valence-corrected chi connectivity index (χ0v) is 16.5. The first-order valence-electron chi connectivity index (χ1n) is 9.26. The summed E-state index contributed by atoms with van der Waals surface area (Å²) >= 11 is 6.10. The molecule has 2 fully saturated rings. The van der Waals surface area contributed by atoms with E-state index < -0.39 is 5.60 Å². The first kappa shape index (κ1) is 19.0. The third kappa shape index (κ3) is 3.98. The summed E-state index contributed by atoms with van der Waals surface area (Å²) in [5.74, 6) is 0.162. The Morgan fingerprint density at radius 1 is 1.15 bits per heavy atom. The third-order valence-electron chi connectivity index (χ3n) is 5.23. The fourth-order valence-corrected chi connectivity index (χ4v) is 4.05. The molecule has 0 aliphatic carbocycles. The van der Waals surface area contributed by atoms with Gasteiger partial charge in [0.15, 0.2) is 0 Å². The van der Waals surface area contributed by atoms with Crippen LogP contribution in [-0.2, 0) is 9.53 Å². The van der Waals surface area contributed by atoms with Crippen molar-refractivity contribution in [2.75, 3.05) is 24.5 Å². The highest BCUT2D eigenvalue weighted by Crippen LogP contribution is 2.42. The predicted octanol–water partition coefficient (Wildman–Crippen LogP) is 4.48. The summed E-state index contributed by atoms with van der Waals surface area (Å²) in [4.78, 5) is 29.1. The molecule has 3 rings (SSSR count). The van der Waals surface area contributed by atoms with E-state index >= 15 is 0 Å². The molecule has 0 aromatic heterocycles. The molecule has 5 nitrogen and oxygen atoms in total. The average molecular weight is 379 g/mol. The van der Waals surface area contributed by atoms with Crippen LogP contribution in [0.1, 0.15) is 46.5 Å². The summed E-state index contributed by atoms with van der Waals surface area (Å²) in [6.07, 6.45) is 2.92. The Bertz CT molecular complexity index is 691. The van der Waals surface area contributed by atoms with Crippen LogP contribution in [0.3, 0.4) is 0 Å². The highest BCUT2D eigenvalue weighted by atomic mass is 35.5. The quantitative estimate of drug-likeness (QED) is 0.723. The van der Waals surface area contributed by atoms with Crippen LogP contribution in [0, 0.1) is 5.41 Å². The first-order chi connectivity index (χ1) is 12.2. The number of amides is 2. The number of likely N-dealkylation sites (tertiary alicyclic amines) is 1. The van der Waals surface area contributed by atoms with Crippen LogP contribution < -0.4 is 4.90 Å². The monoisotopic (exact) mass is 378 g/mol. The Morgan fingerprint density at radius 3 is 2.46 bits per heavy atom. The van der Waals surface area contributed by atoms with Gasteiger partial charge in [-0.2, -0.15) is 0 Å². The molecule has 1 aromatic rings. The van der Waals surface area contributed by atoms with Gasteiger partial charge in [-0.3, -0.25) is 4.79 Å². The van der Waals surface area contributed by atoms with Crippen LogP contribution in [0.5, 0.6) is 0 Å². The van der Waals surface area contributed by atoms with Gasteiger partial charge in [-0.25, -0.2) is 4.79 Å². The fraction of sp³-hybridized carbons (Fsp3) is 0.600. The van der Waals surface area contributed by atoms with Gasteiger partial charge in [-0.15, -0.1) is 0 Å². The van der Waals surface area contributed by atoms with Crippen molar-refractivity contribution in [1.82, 2.24) is 4.90 Å². The van der Waals surface area contributed by atoms with Crippen molar-refractivity contribution in [2.24, 2.45) is 5.41 Å². The van der Waals surface area contributed by atoms with Gasteiger partial charge in [0.2, 0.25) is 5.91 Å². The maximum Gasteiger partial charge on any atom is 0.410 e. The van der Waals surface area contributed by atoms with Gasteiger partial charge < -0.3 is 14.5 Å². The maximum atomic E-state index is 13.3. The van der Waals surface area contributed by atoms with E-state index in [1.165, 1.54) is 0 Å². The van der Waals surface area contributed by atoms with E-state index in [0.717, 1.165) is 25.1 Å². The van der Waals surface area contributed by atoms with Crippen LogP contribution in [0.2, 0.25) is 5.02 Å². The minimum absolute atomic E-state index is 0.162. The van der Waals surface area contributed by atoms with Gasteiger partial charge in [0.05, 0.1) is 5.41 Å². The van der Waals surface area contributed by atoms with Crippen molar-refractivity contribution < 1.29 is 14.3 Å². The summed E-state index contributed by atoms with van der Waals surface area (Å²) in [7, 11) is 0. The molecule has 0 atom stereocenters. The Morgan fingerprint density at radius 2 is 1.85 bits per heavy atom.